The Morgan fingerprint density at radius 1 is 0.885 bits per heavy atom. The molecule has 0 aliphatic carbocycles. The van der Waals surface area contributed by atoms with Gasteiger partial charge in [0.15, 0.2) is 0 Å². The molecule has 0 heterocycles. The molecule has 2 aromatic carbocycles. The van der Waals surface area contributed by atoms with E-state index in [9.17, 15) is 18.4 Å². The second-order valence-electron chi connectivity index (χ2n) is 6.96. The van der Waals surface area contributed by atoms with E-state index in [1.54, 1.807) is 12.1 Å². The summed E-state index contributed by atoms with van der Waals surface area (Å²) in [6.07, 6.45) is 0. The summed E-state index contributed by atoms with van der Waals surface area (Å²) in [7, 11) is 0. The lowest BCUT2D eigenvalue weighted by Crippen LogP contribution is -2.35. The highest BCUT2D eigenvalue weighted by Crippen LogP contribution is 2.22. The van der Waals surface area contributed by atoms with E-state index in [2.05, 4.69) is 31.4 Å². The van der Waals surface area contributed by atoms with Crippen molar-refractivity contribution in [2.45, 2.75) is 26.2 Å². The van der Waals surface area contributed by atoms with Gasteiger partial charge in [-0.25, -0.2) is 8.78 Å². The third-order valence-electron chi connectivity index (χ3n) is 3.88. The average molecular weight is 360 g/mol. The minimum Gasteiger partial charge on any atom is -0.350 e. The van der Waals surface area contributed by atoms with Crippen LogP contribution >= 0.6 is 0 Å². The maximum Gasteiger partial charge on any atom is 0.254 e. The van der Waals surface area contributed by atoms with E-state index in [4.69, 9.17) is 0 Å². The van der Waals surface area contributed by atoms with Gasteiger partial charge < -0.3 is 10.6 Å². The van der Waals surface area contributed by atoms with E-state index in [0.29, 0.717) is 11.6 Å². The quantitative estimate of drug-likeness (QED) is 0.803. The maximum absolute atomic E-state index is 13.5. The first-order valence-electron chi connectivity index (χ1n) is 8.30. The summed E-state index contributed by atoms with van der Waals surface area (Å²) in [6.45, 7) is 6.59. The van der Waals surface area contributed by atoms with E-state index >= 15 is 0 Å². The molecule has 2 aromatic rings. The van der Waals surface area contributed by atoms with Gasteiger partial charge in [-0.1, -0.05) is 32.9 Å². The lowest BCUT2D eigenvalue weighted by Gasteiger charge is -2.19. The van der Waals surface area contributed by atoms with Gasteiger partial charge in [-0.2, -0.15) is 0 Å². The summed E-state index contributed by atoms with van der Waals surface area (Å²) in [6, 6.07) is 10.1. The SMILES string of the molecule is CC(C)(C)c1ccc(C(=O)NCCNC(=O)c2ccc(F)cc2F)cc1. The van der Waals surface area contributed by atoms with Gasteiger partial charge in [0.2, 0.25) is 0 Å². The second kappa shape index (κ2) is 8.08. The number of halogens is 2. The van der Waals surface area contributed by atoms with Gasteiger partial charge in [0.25, 0.3) is 11.8 Å². The Hall–Kier alpha value is -2.76. The van der Waals surface area contributed by atoms with Crippen LogP contribution in [0.15, 0.2) is 42.5 Å². The van der Waals surface area contributed by atoms with E-state index < -0.39 is 17.5 Å². The van der Waals surface area contributed by atoms with E-state index in [-0.39, 0.29) is 30.0 Å². The molecule has 0 radical (unpaired) electrons. The van der Waals surface area contributed by atoms with Crippen LogP contribution in [-0.2, 0) is 5.41 Å². The molecule has 0 saturated heterocycles. The summed E-state index contributed by atoms with van der Waals surface area (Å²) in [4.78, 5) is 23.9. The first kappa shape index (κ1) is 19.6. The molecule has 0 fully saturated rings. The molecule has 0 spiro atoms. The van der Waals surface area contributed by atoms with Gasteiger partial charge in [-0.05, 0) is 35.2 Å². The minimum atomic E-state index is -0.925. The normalized spacial score (nSPS) is 11.1. The van der Waals surface area contributed by atoms with Crippen LogP contribution in [0.3, 0.4) is 0 Å². The van der Waals surface area contributed by atoms with Crippen LogP contribution in [0.25, 0.3) is 0 Å². The zero-order valence-corrected chi connectivity index (χ0v) is 15.0. The van der Waals surface area contributed by atoms with Crippen molar-refractivity contribution in [3.05, 3.63) is 70.8 Å². The molecule has 0 bridgehead atoms. The van der Waals surface area contributed by atoms with Crippen LogP contribution in [0.5, 0.6) is 0 Å². The summed E-state index contributed by atoms with van der Waals surface area (Å²) < 4.78 is 26.3. The summed E-state index contributed by atoms with van der Waals surface area (Å²) >= 11 is 0. The van der Waals surface area contributed by atoms with Gasteiger partial charge in [0, 0.05) is 24.7 Å². The van der Waals surface area contributed by atoms with Crippen molar-refractivity contribution in [1.29, 1.82) is 0 Å². The number of nitrogens with one attached hydrogen (secondary N) is 2. The fourth-order valence-corrected chi connectivity index (χ4v) is 2.34. The summed E-state index contributed by atoms with van der Waals surface area (Å²) in [5.41, 5.74) is 1.42. The highest BCUT2D eigenvalue weighted by molar-refractivity contribution is 5.95. The van der Waals surface area contributed by atoms with Crippen LogP contribution in [-0.4, -0.2) is 24.9 Å². The summed E-state index contributed by atoms with van der Waals surface area (Å²) in [5.74, 6) is -2.59. The molecule has 2 rings (SSSR count). The van der Waals surface area contributed by atoms with Crippen LogP contribution in [0.1, 0.15) is 47.1 Å². The van der Waals surface area contributed by atoms with E-state index in [0.717, 1.165) is 17.7 Å². The first-order chi connectivity index (χ1) is 12.2. The number of carbonyl (C=O) groups is 2. The maximum atomic E-state index is 13.5. The molecule has 2 amide bonds. The zero-order chi connectivity index (χ0) is 19.3. The van der Waals surface area contributed by atoms with Crippen LogP contribution in [0.2, 0.25) is 0 Å². The Bertz CT molecular complexity index is 796. The van der Waals surface area contributed by atoms with E-state index in [1.165, 1.54) is 0 Å². The lowest BCUT2D eigenvalue weighted by molar-refractivity contribution is 0.0925. The molecule has 4 nitrogen and oxygen atoms in total. The molecule has 0 aliphatic rings. The second-order valence-corrected chi connectivity index (χ2v) is 6.96. The molecule has 0 saturated carbocycles. The third kappa shape index (κ3) is 5.12. The number of benzene rings is 2. The molecule has 6 heteroatoms. The van der Waals surface area contributed by atoms with Crippen molar-refractivity contribution in [2.75, 3.05) is 13.1 Å². The van der Waals surface area contributed by atoms with E-state index in [1.807, 2.05) is 12.1 Å². The Morgan fingerprint density at radius 3 is 2.00 bits per heavy atom. The molecule has 26 heavy (non-hydrogen) atoms. The minimum absolute atomic E-state index is 0.00884. The third-order valence-corrected chi connectivity index (χ3v) is 3.88. The topological polar surface area (TPSA) is 58.2 Å². The number of carbonyl (C=O) groups excluding carboxylic acids is 2. The van der Waals surface area contributed by atoms with Gasteiger partial charge >= 0.3 is 0 Å². The predicted molar refractivity (Wildman–Crippen MR) is 96.2 cm³/mol. The van der Waals surface area contributed by atoms with Gasteiger partial charge in [-0.3, -0.25) is 9.59 Å². The standard InChI is InChI=1S/C20H22F2N2O2/c1-20(2,3)14-6-4-13(5-7-14)18(25)23-10-11-24-19(26)16-9-8-15(21)12-17(16)22/h4-9,12H,10-11H2,1-3H3,(H,23,25)(H,24,26). The van der Waals surface area contributed by atoms with Crippen molar-refractivity contribution in [1.82, 2.24) is 10.6 Å². The number of hydrogen-bond donors (Lipinski definition) is 2. The first-order valence-corrected chi connectivity index (χ1v) is 8.30. The number of hydrogen-bond acceptors (Lipinski definition) is 2. The number of rotatable bonds is 5. The zero-order valence-electron chi connectivity index (χ0n) is 15.0. The van der Waals surface area contributed by atoms with Crippen LogP contribution in [0.4, 0.5) is 8.78 Å². The Labute approximate surface area is 151 Å². The molecular formula is C20H22F2N2O2. The number of amides is 2. The molecular weight excluding hydrogens is 338 g/mol. The molecule has 0 unspecified atom stereocenters. The molecule has 138 valence electrons. The van der Waals surface area contributed by atoms with Gasteiger partial charge in [0.05, 0.1) is 5.56 Å². The molecule has 0 aromatic heterocycles. The Kier molecular flexibility index (Phi) is 6.08. The highest BCUT2D eigenvalue weighted by atomic mass is 19.1. The van der Waals surface area contributed by atoms with Crippen molar-refractivity contribution >= 4 is 11.8 Å². The molecule has 0 aliphatic heterocycles. The molecule has 2 N–H and O–H groups in total. The van der Waals surface area contributed by atoms with Crippen molar-refractivity contribution in [2.24, 2.45) is 0 Å². The lowest BCUT2D eigenvalue weighted by atomic mass is 9.87. The Balaban J connectivity index is 1.82. The van der Waals surface area contributed by atoms with Crippen LogP contribution in [0, 0.1) is 11.6 Å². The fourth-order valence-electron chi connectivity index (χ4n) is 2.34. The predicted octanol–water partition coefficient (Wildman–Crippen LogP) is 3.42. The van der Waals surface area contributed by atoms with Crippen molar-refractivity contribution in [3.8, 4) is 0 Å². The largest absolute Gasteiger partial charge is 0.350 e. The smallest absolute Gasteiger partial charge is 0.254 e. The summed E-state index contributed by atoms with van der Waals surface area (Å²) in [5, 5.41) is 5.16. The van der Waals surface area contributed by atoms with Gasteiger partial charge in [-0.15, -0.1) is 0 Å². The Morgan fingerprint density at radius 2 is 1.46 bits per heavy atom. The fraction of sp³-hybridized carbons (Fsp3) is 0.300. The van der Waals surface area contributed by atoms with Crippen LogP contribution < -0.4 is 10.6 Å². The average Bonchev–Trinajstić information content (AvgIpc) is 2.57. The monoisotopic (exact) mass is 360 g/mol. The van der Waals surface area contributed by atoms with Crippen molar-refractivity contribution in [3.63, 3.8) is 0 Å². The van der Waals surface area contributed by atoms with Gasteiger partial charge in [0.1, 0.15) is 11.6 Å². The van der Waals surface area contributed by atoms with Crippen molar-refractivity contribution < 1.29 is 18.4 Å². The molecule has 0 atom stereocenters. The highest BCUT2D eigenvalue weighted by Gasteiger charge is 2.15.